The molecule has 0 bridgehead atoms. The zero-order chi connectivity index (χ0) is 22.9. The Morgan fingerprint density at radius 3 is 2.31 bits per heavy atom. The van der Waals surface area contributed by atoms with Crippen molar-refractivity contribution in [1.29, 1.82) is 0 Å². The lowest BCUT2D eigenvalue weighted by atomic mass is 10.2. The highest BCUT2D eigenvalue weighted by atomic mass is 35.5. The van der Waals surface area contributed by atoms with Crippen molar-refractivity contribution in [3.05, 3.63) is 88.9 Å². The van der Waals surface area contributed by atoms with Crippen LogP contribution in [0, 0.1) is 0 Å². The van der Waals surface area contributed by atoms with Crippen molar-refractivity contribution < 1.29 is 23.9 Å². The predicted octanol–water partition coefficient (Wildman–Crippen LogP) is 3.66. The van der Waals surface area contributed by atoms with E-state index < -0.39 is 17.8 Å². The van der Waals surface area contributed by atoms with E-state index in [1.54, 1.807) is 72.8 Å². The monoisotopic (exact) mass is 451 g/mol. The van der Waals surface area contributed by atoms with Crippen LogP contribution in [0.25, 0.3) is 0 Å². The summed E-state index contributed by atoms with van der Waals surface area (Å²) < 4.78 is 10.4. The molecule has 0 unspecified atom stereocenters. The second-order valence-electron chi connectivity index (χ2n) is 6.35. The summed E-state index contributed by atoms with van der Waals surface area (Å²) in [6.07, 6.45) is 1.32. The zero-order valence-corrected chi connectivity index (χ0v) is 17.6. The highest BCUT2D eigenvalue weighted by Crippen LogP contribution is 2.17. The van der Waals surface area contributed by atoms with E-state index >= 15 is 0 Å². The minimum absolute atomic E-state index is 0.293. The van der Waals surface area contributed by atoms with Crippen LogP contribution in [0.3, 0.4) is 0 Å². The van der Waals surface area contributed by atoms with Gasteiger partial charge in [0.2, 0.25) is 0 Å². The third kappa shape index (κ3) is 6.41. The van der Waals surface area contributed by atoms with Crippen LogP contribution in [-0.4, -0.2) is 31.1 Å². The number of benzene rings is 3. The number of anilines is 1. The van der Waals surface area contributed by atoms with Gasteiger partial charge in [-0.15, -0.1) is 0 Å². The fourth-order valence-corrected chi connectivity index (χ4v) is 2.61. The third-order valence-electron chi connectivity index (χ3n) is 4.08. The summed E-state index contributed by atoms with van der Waals surface area (Å²) in [5.41, 5.74) is 3.46. The molecular weight excluding hydrogens is 434 g/mol. The third-order valence-corrected chi connectivity index (χ3v) is 4.33. The highest BCUT2D eigenvalue weighted by molar-refractivity contribution is 6.39. The molecule has 3 rings (SSSR count). The molecule has 0 spiro atoms. The van der Waals surface area contributed by atoms with Gasteiger partial charge in [0, 0.05) is 10.7 Å². The van der Waals surface area contributed by atoms with E-state index in [0.717, 1.165) is 0 Å². The average Bonchev–Trinajstić information content (AvgIpc) is 2.80. The first-order valence-corrected chi connectivity index (χ1v) is 9.68. The van der Waals surface area contributed by atoms with Crippen LogP contribution in [0.1, 0.15) is 15.9 Å². The minimum atomic E-state index is -0.946. The maximum absolute atomic E-state index is 12.3. The molecule has 2 amide bonds. The lowest BCUT2D eigenvalue weighted by Gasteiger charge is -2.06. The number of hydrogen-bond acceptors (Lipinski definition) is 6. The Morgan fingerprint density at radius 2 is 1.62 bits per heavy atom. The van der Waals surface area contributed by atoms with E-state index in [2.05, 4.69) is 15.8 Å². The van der Waals surface area contributed by atoms with Gasteiger partial charge >= 0.3 is 17.8 Å². The number of carbonyl (C=O) groups is 3. The maximum Gasteiger partial charge on any atom is 0.343 e. The smallest absolute Gasteiger partial charge is 0.343 e. The fourth-order valence-electron chi connectivity index (χ4n) is 2.49. The number of carbonyl (C=O) groups excluding carboxylic acids is 3. The van der Waals surface area contributed by atoms with Crippen molar-refractivity contribution in [1.82, 2.24) is 5.43 Å². The van der Waals surface area contributed by atoms with Crippen LogP contribution < -0.4 is 20.2 Å². The van der Waals surface area contributed by atoms with Crippen LogP contribution in [0.5, 0.6) is 11.5 Å². The summed E-state index contributed by atoms with van der Waals surface area (Å²) in [6.45, 7) is 0. The fraction of sp³-hybridized carbons (Fsp3) is 0.0435. The first kappa shape index (κ1) is 22.5. The molecule has 0 saturated heterocycles. The molecule has 0 atom stereocenters. The lowest BCUT2D eigenvalue weighted by Crippen LogP contribution is -2.32. The van der Waals surface area contributed by atoms with Crippen molar-refractivity contribution in [2.45, 2.75) is 0 Å². The summed E-state index contributed by atoms with van der Waals surface area (Å²) in [5, 5.41) is 6.69. The molecular formula is C23H18ClN3O5. The molecule has 3 aromatic rings. The van der Waals surface area contributed by atoms with Crippen molar-refractivity contribution in [3.63, 3.8) is 0 Å². The Morgan fingerprint density at radius 1 is 0.906 bits per heavy atom. The van der Waals surface area contributed by atoms with Gasteiger partial charge < -0.3 is 14.8 Å². The molecule has 0 aliphatic heterocycles. The lowest BCUT2D eigenvalue weighted by molar-refractivity contribution is -0.136. The highest BCUT2D eigenvalue weighted by Gasteiger charge is 2.13. The number of hydrogen-bond donors (Lipinski definition) is 2. The van der Waals surface area contributed by atoms with Gasteiger partial charge in [0.1, 0.15) is 11.5 Å². The normalized spacial score (nSPS) is 10.4. The second kappa shape index (κ2) is 10.7. The molecule has 0 aromatic heterocycles. The molecule has 0 fully saturated rings. The number of methoxy groups -OCH3 is 1. The van der Waals surface area contributed by atoms with Gasteiger partial charge in [-0.1, -0.05) is 23.7 Å². The van der Waals surface area contributed by atoms with E-state index in [0.29, 0.717) is 33.3 Å². The molecule has 0 saturated carbocycles. The number of nitrogens with one attached hydrogen (secondary N) is 2. The van der Waals surface area contributed by atoms with Crippen molar-refractivity contribution in [2.75, 3.05) is 12.4 Å². The molecule has 0 aliphatic rings. The van der Waals surface area contributed by atoms with Gasteiger partial charge in [-0.05, 0) is 66.2 Å². The summed E-state index contributed by atoms with van der Waals surface area (Å²) in [7, 11) is 1.54. The number of amides is 2. The van der Waals surface area contributed by atoms with E-state index in [1.807, 2.05) is 0 Å². The first-order chi connectivity index (χ1) is 15.4. The Bertz CT molecular complexity index is 1150. The zero-order valence-electron chi connectivity index (χ0n) is 16.9. The van der Waals surface area contributed by atoms with E-state index in [9.17, 15) is 14.4 Å². The van der Waals surface area contributed by atoms with Gasteiger partial charge in [-0.3, -0.25) is 9.59 Å². The average molecular weight is 452 g/mol. The van der Waals surface area contributed by atoms with Crippen molar-refractivity contribution in [2.24, 2.45) is 5.10 Å². The Labute approximate surface area is 188 Å². The molecule has 0 aliphatic carbocycles. The Kier molecular flexibility index (Phi) is 7.55. The van der Waals surface area contributed by atoms with Gasteiger partial charge in [-0.2, -0.15) is 5.10 Å². The largest absolute Gasteiger partial charge is 0.497 e. The van der Waals surface area contributed by atoms with Gasteiger partial charge in [-0.25, -0.2) is 10.2 Å². The predicted molar refractivity (Wildman–Crippen MR) is 120 cm³/mol. The van der Waals surface area contributed by atoms with Crippen molar-refractivity contribution >= 4 is 41.3 Å². The molecule has 8 nitrogen and oxygen atoms in total. The molecule has 0 radical (unpaired) electrons. The summed E-state index contributed by atoms with van der Waals surface area (Å²) in [6, 6.07) is 19.3. The molecule has 0 heterocycles. The molecule has 2 N–H and O–H groups in total. The molecule has 32 heavy (non-hydrogen) atoms. The SMILES string of the molecule is COc1ccc(C(=O)Oc2cccc(/C=N\NC(=O)C(=O)Nc3ccc(Cl)cc3)c2)cc1. The molecule has 9 heteroatoms. The van der Waals surface area contributed by atoms with Crippen LogP contribution in [0.2, 0.25) is 5.02 Å². The van der Waals surface area contributed by atoms with Gasteiger partial charge in [0.15, 0.2) is 0 Å². The molecule has 162 valence electrons. The van der Waals surface area contributed by atoms with Crippen LogP contribution in [0.15, 0.2) is 77.9 Å². The summed E-state index contributed by atoms with van der Waals surface area (Å²) >= 11 is 5.78. The van der Waals surface area contributed by atoms with E-state index in [1.165, 1.54) is 13.3 Å². The quantitative estimate of drug-likeness (QED) is 0.195. The van der Waals surface area contributed by atoms with E-state index in [4.69, 9.17) is 21.1 Å². The summed E-state index contributed by atoms with van der Waals surface area (Å²) in [4.78, 5) is 36.0. The Balaban J connectivity index is 1.55. The van der Waals surface area contributed by atoms with Crippen LogP contribution in [-0.2, 0) is 9.59 Å². The number of esters is 1. The standard InChI is InChI=1S/C23H18ClN3O5/c1-31-19-11-5-16(6-12-19)23(30)32-20-4-2-3-15(13-20)14-25-27-22(29)21(28)26-18-9-7-17(24)8-10-18/h2-14H,1H3,(H,26,28)(H,27,29)/b25-14-. The number of nitrogens with zero attached hydrogens (tertiary/aromatic N) is 1. The number of rotatable bonds is 6. The maximum atomic E-state index is 12.3. The number of halogens is 1. The minimum Gasteiger partial charge on any atom is -0.497 e. The van der Waals surface area contributed by atoms with Crippen LogP contribution in [0.4, 0.5) is 5.69 Å². The topological polar surface area (TPSA) is 106 Å². The second-order valence-corrected chi connectivity index (χ2v) is 6.79. The molecule has 3 aromatic carbocycles. The van der Waals surface area contributed by atoms with Crippen molar-refractivity contribution in [3.8, 4) is 11.5 Å². The van der Waals surface area contributed by atoms with Gasteiger partial charge in [0.25, 0.3) is 0 Å². The van der Waals surface area contributed by atoms with Crippen LogP contribution >= 0.6 is 11.6 Å². The van der Waals surface area contributed by atoms with Gasteiger partial charge in [0.05, 0.1) is 18.9 Å². The Hall–Kier alpha value is -4.17. The van der Waals surface area contributed by atoms with E-state index in [-0.39, 0.29) is 0 Å². The number of hydrazone groups is 1. The first-order valence-electron chi connectivity index (χ1n) is 9.31. The summed E-state index contributed by atoms with van der Waals surface area (Å²) in [5.74, 6) is -1.44. The number of ether oxygens (including phenoxy) is 2.